The molecule has 0 aromatic heterocycles. The normalized spacial score (nSPS) is 12.8. The summed E-state index contributed by atoms with van der Waals surface area (Å²) in [5.74, 6) is 0. The molecule has 0 aliphatic carbocycles. The van der Waals surface area contributed by atoms with E-state index in [4.69, 9.17) is 11.6 Å². The predicted molar refractivity (Wildman–Crippen MR) is 64.5 cm³/mol. The van der Waals surface area contributed by atoms with E-state index in [2.05, 4.69) is 5.32 Å². The van der Waals surface area contributed by atoms with Crippen LogP contribution in [0, 0.1) is 0 Å². The Bertz CT molecular complexity index is 413. The van der Waals surface area contributed by atoms with Gasteiger partial charge in [0.05, 0.1) is 16.2 Å². The molecule has 0 amide bonds. The highest BCUT2D eigenvalue weighted by Crippen LogP contribution is 2.35. The second-order valence-corrected chi connectivity index (χ2v) is 5.14. The first kappa shape index (κ1) is 15.3. The van der Waals surface area contributed by atoms with E-state index in [-0.39, 0.29) is 18.1 Å². The van der Waals surface area contributed by atoms with Gasteiger partial charge in [-0.15, -0.1) is 0 Å². The van der Waals surface area contributed by atoms with E-state index in [9.17, 15) is 18.3 Å². The average molecular weight is 282 g/mol. The molecule has 2 nitrogen and oxygen atoms in total. The summed E-state index contributed by atoms with van der Waals surface area (Å²) in [4.78, 5) is 0. The van der Waals surface area contributed by atoms with Crippen molar-refractivity contribution in [1.29, 1.82) is 0 Å². The lowest BCUT2D eigenvalue weighted by Crippen LogP contribution is -2.34. The van der Waals surface area contributed by atoms with Crippen LogP contribution < -0.4 is 5.32 Å². The predicted octanol–water partition coefficient (Wildman–Crippen LogP) is 3.22. The molecule has 0 spiro atoms. The topological polar surface area (TPSA) is 32.3 Å². The monoisotopic (exact) mass is 281 g/mol. The average Bonchev–Trinajstić information content (AvgIpc) is 2.17. The Morgan fingerprint density at radius 3 is 2.39 bits per heavy atom. The quantitative estimate of drug-likeness (QED) is 0.888. The van der Waals surface area contributed by atoms with Gasteiger partial charge in [0.25, 0.3) is 0 Å². The maximum Gasteiger partial charge on any atom is 0.417 e. The van der Waals surface area contributed by atoms with Crippen molar-refractivity contribution in [3.05, 3.63) is 34.3 Å². The number of hydrogen-bond acceptors (Lipinski definition) is 2. The Balaban J connectivity index is 2.74. The SMILES string of the molecule is CC(C)(O)CNCc1ccc(Cl)c(C(F)(F)F)c1. The zero-order chi connectivity index (χ0) is 14.0. The van der Waals surface area contributed by atoms with Crippen LogP contribution in [-0.4, -0.2) is 17.3 Å². The number of benzene rings is 1. The summed E-state index contributed by atoms with van der Waals surface area (Å²) in [6, 6.07) is 3.76. The van der Waals surface area contributed by atoms with Gasteiger partial charge >= 0.3 is 6.18 Å². The van der Waals surface area contributed by atoms with Crippen LogP contribution in [0.3, 0.4) is 0 Å². The molecule has 1 rings (SSSR count). The fourth-order valence-electron chi connectivity index (χ4n) is 1.41. The van der Waals surface area contributed by atoms with Gasteiger partial charge in [-0.1, -0.05) is 17.7 Å². The van der Waals surface area contributed by atoms with E-state index < -0.39 is 17.3 Å². The zero-order valence-corrected chi connectivity index (χ0v) is 10.9. The van der Waals surface area contributed by atoms with Crippen molar-refractivity contribution in [2.45, 2.75) is 32.2 Å². The minimum absolute atomic E-state index is 0.240. The molecule has 0 aliphatic heterocycles. The van der Waals surface area contributed by atoms with E-state index in [0.29, 0.717) is 5.56 Å². The molecule has 18 heavy (non-hydrogen) atoms. The molecule has 6 heteroatoms. The third kappa shape index (κ3) is 4.84. The zero-order valence-electron chi connectivity index (χ0n) is 10.1. The minimum Gasteiger partial charge on any atom is -0.389 e. The van der Waals surface area contributed by atoms with E-state index in [1.165, 1.54) is 12.1 Å². The van der Waals surface area contributed by atoms with Crippen molar-refractivity contribution >= 4 is 11.6 Å². The molecule has 0 unspecified atom stereocenters. The van der Waals surface area contributed by atoms with Crippen molar-refractivity contribution in [2.24, 2.45) is 0 Å². The fourth-order valence-corrected chi connectivity index (χ4v) is 1.64. The number of alkyl halides is 3. The Labute approximate surface area is 109 Å². The third-order valence-corrected chi connectivity index (χ3v) is 2.55. The second-order valence-electron chi connectivity index (χ2n) is 4.73. The molecule has 0 heterocycles. The molecule has 0 atom stereocenters. The van der Waals surface area contributed by atoms with Crippen LogP contribution in [0.15, 0.2) is 18.2 Å². The molecular formula is C12H15ClF3NO. The van der Waals surface area contributed by atoms with Crippen molar-refractivity contribution in [3.8, 4) is 0 Å². The highest BCUT2D eigenvalue weighted by atomic mass is 35.5. The van der Waals surface area contributed by atoms with Gasteiger partial charge in [-0.25, -0.2) is 0 Å². The molecule has 0 saturated carbocycles. The van der Waals surface area contributed by atoms with Gasteiger partial charge in [-0.05, 0) is 31.5 Å². The van der Waals surface area contributed by atoms with Crippen LogP contribution >= 0.6 is 11.6 Å². The molecule has 1 aromatic carbocycles. The minimum atomic E-state index is -4.46. The lowest BCUT2D eigenvalue weighted by molar-refractivity contribution is -0.137. The summed E-state index contributed by atoms with van der Waals surface area (Å²) in [7, 11) is 0. The van der Waals surface area contributed by atoms with Gasteiger partial charge in [-0.2, -0.15) is 13.2 Å². The molecule has 0 fully saturated rings. The summed E-state index contributed by atoms with van der Waals surface area (Å²) in [5, 5.41) is 12.0. The lowest BCUT2D eigenvalue weighted by atomic mass is 10.1. The maximum absolute atomic E-state index is 12.6. The standard InChI is InChI=1S/C12H15ClF3NO/c1-11(2,18)7-17-6-8-3-4-10(13)9(5-8)12(14,15)16/h3-5,17-18H,6-7H2,1-2H3. The molecular weight excluding hydrogens is 267 g/mol. The first-order chi connectivity index (χ1) is 8.09. The Kier molecular flexibility index (Phi) is 4.64. The van der Waals surface area contributed by atoms with Gasteiger partial charge in [0.2, 0.25) is 0 Å². The largest absolute Gasteiger partial charge is 0.417 e. The molecule has 0 radical (unpaired) electrons. The maximum atomic E-state index is 12.6. The Morgan fingerprint density at radius 2 is 1.89 bits per heavy atom. The van der Waals surface area contributed by atoms with E-state index in [1.54, 1.807) is 13.8 Å². The lowest BCUT2D eigenvalue weighted by Gasteiger charge is -2.18. The van der Waals surface area contributed by atoms with E-state index >= 15 is 0 Å². The van der Waals surface area contributed by atoms with Crippen molar-refractivity contribution in [3.63, 3.8) is 0 Å². The second kappa shape index (κ2) is 5.47. The number of nitrogens with one attached hydrogen (secondary N) is 1. The van der Waals surface area contributed by atoms with Crippen molar-refractivity contribution in [2.75, 3.05) is 6.54 Å². The van der Waals surface area contributed by atoms with Crippen molar-refractivity contribution < 1.29 is 18.3 Å². The van der Waals surface area contributed by atoms with Gasteiger partial charge in [0.15, 0.2) is 0 Å². The summed E-state index contributed by atoms with van der Waals surface area (Å²) in [6.07, 6.45) is -4.46. The highest BCUT2D eigenvalue weighted by molar-refractivity contribution is 6.31. The summed E-state index contributed by atoms with van der Waals surface area (Å²) in [6.45, 7) is 3.76. The van der Waals surface area contributed by atoms with Gasteiger partial charge in [0.1, 0.15) is 0 Å². The number of hydrogen-bond donors (Lipinski definition) is 2. The molecule has 2 N–H and O–H groups in total. The van der Waals surface area contributed by atoms with E-state index in [0.717, 1.165) is 6.07 Å². The van der Waals surface area contributed by atoms with Crippen LogP contribution in [-0.2, 0) is 12.7 Å². The summed E-state index contributed by atoms with van der Waals surface area (Å²) in [5.41, 5.74) is -1.28. The smallest absolute Gasteiger partial charge is 0.389 e. The first-order valence-electron chi connectivity index (χ1n) is 5.38. The summed E-state index contributed by atoms with van der Waals surface area (Å²) < 4.78 is 37.8. The van der Waals surface area contributed by atoms with Gasteiger partial charge in [0, 0.05) is 13.1 Å². The highest BCUT2D eigenvalue weighted by Gasteiger charge is 2.33. The van der Waals surface area contributed by atoms with E-state index in [1.807, 2.05) is 0 Å². The molecule has 0 bridgehead atoms. The van der Waals surface area contributed by atoms with Crippen LogP contribution in [0.25, 0.3) is 0 Å². The molecule has 102 valence electrons. The van der Waals surface area contributed by atoms with Crippen LogP contribution in [0.1, 0.15) is 25.0 Å². The Morgan fingerprint density at radius 1 is 1.28 bits per heavy atom. The molecule has 0 aliphatic rings. The first-order valence-corrected chi connectivity index (χ1v) is 5.76. The number of rotatable bonds is 4. The Hall–Kier alpha value is -0.780. The molecule has 1 aromatic rings. The number of aliphatic hydroxyl groups is 1. The van der Waals surface area contributed by atoms with Gasteiger partial charge in [-0.3, -0.25) is 0 Å². The van der Waals surface area contributed by atoms with Crippen LogP contribution in [0.4, 0.5) is 13.2 Å². The molecule has 0 saturated heterocycles. The van der Waals surface area contributed by atoms with Crippen LogP contribution in [0.2, 0.25) is 5.02 Å². The number of halogens is 4. The van der Waals surface area contributed by atoms with Crippen molar-refractivity contribution in [1.82, 2.24) is 5.32 Å². The summed E-state index contributed by atoms with van der Waals surface area (Å²) >= 11 is 5.51. The third-order valence-electron chi connectivity index (χ3n) is 2.22. The van der Waals surface area contributed by atoms with Crippen LogP contribution in [0.5, 0.6) is 0 Å². The fraction of sp³-hybridized carbons (Fsp3) is 0.500. The van der Waals surface area contributed by atoms with Gasteiger partial charge < -0.3 is 10.4 Å².